The van der Waals surface area contributed by atoms with Gasteiger partial charge in [0, 0.05) is 22.4 Å². The summed E-state index contributed by atoms with van der Waals surface area (Å²) in [6.45, 7) is 0.179. The topological polar surface area (TPSA) is 127 Å². The van der Waals surface area contributed by atoms with Crippen LogP contribution in [0.4, 0.5) is 0 Å². The number of unbranched alkanes of at least 4 members (excludes halogenated alkanes) is 6. The number of hydrogen-bond donors (Lipinski definition) is 2. The summed E-state index contributed by atoms with van der Waals surface area (Å²) >= 11 is 8.34. The predicted molar refractivity (Wildman–Crippen MR) is 104 cm³/mol. The molecule has 0 amide bonds. The molecule has 0 bridgehead atoms. The van der Waals surface area contributed by atoms with E-state index in [1.807, 2.05) is 0 Å². The molecule has 0 aromatic heterocycles. The molecule has 0 heterocycles. The fraction of sp³-hybridized carbons (Fsp3) is 1.00. The van der Waals surface area contributed by atoms with Crippen molar-refractivity contribution in [2.24, 2.45) is 0 Å². The number of rotatable bonds is 16. The minimum atomic E-state index is -3.57. The fourth-order valence-electron chi connectivity index (χ4n) is 1.99. The van der Waals surface area contributed by atoms with E-state index in [1.165, 1.54) is 0 Å². The molecule has 0 saturated heterocycles. The molecule has 0 aliphatic rings. The first-order valence-corrected chi connectivity index (χ1v) is 14.4. The first-order chi connectivity index (χ1) is 11.4. The van der Waals surface area contributed by atoms with E-state index in [1.54, 1.807) is 0 Å². The summed E-state index contributed by atoms with van der Waals surface area (Å²) in [7, 11) is -10.2. The molecule has 2 N–H and O–H groups in total. The first-order valence-electron chi connectivity index (χ1n) is 7.85. The van der Waals surface area contributed by atoms with Crippen molar-refractivity contribution < 1.29 is 34.3 Å². The van der Waals surface area contributed by atoms with E-state index in [-0.39, 0.29) is 24.7 Å². The van der Waals surface area contributed by atoms with Crippen molar-refractivity contribution in [1.82, 2.24) is 0 Å². The highest BCUT2D eigenvalue weighted by Gasteiger charge is 2.10. The van der Waals surface area contributed by atoms with Gasteiger partial charge in [-0.05, 0) is 25.7 Å². The number of sulfone groups is 1. The highest BCUT2D eigenvalue weighted by atomic mass is 32.9. The largest absolute Gasteiger partial charge is 0.285 e. The lowest BCUT2D eigenvalue weighted by Crippen LogP contribution is -2.11. The summed E-state index contributed by atoms with van der Waals surface area (Å²) in [5.41, 5.74) is 0. The van der Waals surface area contributed by atoms with Crippen LogP contribution in [0.25, 0.3) is 0 Å². The lowest BCUT2D eigenvalue weighted by Gasteiger charge is -2.05. The molecule has 0 aliphatic carbocycles. The van der Waals surface area contributed by atoms with Gasteiger partial charge in [-0.1, -0.05) is 25.7 Å². The summed E-state index contributed by atoms with van der Waals surface area (Å²) in [4.78, 5) is 0. The van der Waals surface area contributed by atoms with Crippen molar-refractivity contribution in [2.75, 3.05) is 24.7 Å². The quantitative estimate of drug-likeness (QED) is 0.331. The Bertz CT molecular complexity index is 602. The van der Waals surface area contributed by atoms with Crippen molar-refractivity contribution >= 4 is 50.3 Å². The van der Waals surface area contributed by atoms with E-state index >= 15 is 0 Å². The molecule has 0 spiro atoms. The Kier molecular flexibility index (Phi) is 13.1. The summed E-state index contributed by atoms with van der Waals surface area (Å²) in [6, 6.07) is 0. The third-order valence-electron chi connectivity index (χ3n) is 3.16. The Morgan fingerprint density at radius 2 is 0.920 bits per heavy atom. The van der Waals surface area contributed by atoms with Gasteiger partial charge >= 0.3 is 0 Å². The smallest absolute Gasteiger partial charge is 0.266 e. The van der Waals surface area contributed by atoms with Crippen LogP contribution in [0, 0.1) is 0 Å². The minimum Gasteiger partial charge on any atom is -0.285 e. The Hall–Kier alpha value is 0.530. The molecule has 2 atom stereocenters. The van der Waals surface area contributed by atoms with Crippen molar-refractivity contribution in [1.29, 1.82) is 0 Å². The molecule has 0 saturated carbocycles. The van der Waals surface area contributed by atoms with Crippen LogP contribution in [0.2, 0.25) is 0 Å². The monoisotopic (exact) mass is 458 g/mol. The molecule has 0 rings (SSSR count). The summed E-state index contributed by atoms with van der Waals surface area (Å²) in [5.74, 6) is 0.245. The molecule has 152 valence electrons. The first kappa shape index (κ1) is 25.5. The molecule has 0 aromatic rings. The van der Waals surface area contributed by atoms with Crippen LogP contribution in [0.1, 0.15) is 51.4 Å². The molecule has 2 unspecified atom stereocenters. The zero-order valence-electron chi connectivity index (χ0n) is 13.9. The van der Waals surface area contributed by atoms with E-state index in [2.05, 4.69) is 30.7 Å². The van der Waals surface area contributed by atoms with E-state index in [9.17, 15) is 16.8 Å². The SMILES string of the molecule is O=S(=O)(CCCCCCOS(=O)(O)=S)CCCCCCOS(=O)(O)=S. The van der Waals surface area contributed by atoms with Crippen LogP contribution in [0.3, 0.4) is 0 Å². The van der Waals surface area contributed by atoms with Crippen LogP contribution in [0.15, 0.2) is 0 Å². The van der Waals surface area contributed by atoms with Crippen molar-refractivity contribution in [3.05, 3.63) is 0 Å². The van der Waals surface area contributed by atoms with Gasteiger partial charge in [0.15, 0.2) is 0 Å². The second kappa shape index (κ2) is 12.8. The summed E-state index contributed by atoms with van der Waals surface area (Å²) in [5, 5.41) is 0. The number of hydrogen-bond acceptors (Lipinski definition) is 8. The van der Waals surface area contributed by atoms with E-state index in [0.717, 1.165) is 0 Å². The Morgan fingerprint density at radius 3 is 1.24 bits per heavy atom. The molecular weight excluding hydrogens is 432 g/mol. The average molecular weight is 459 g/mol. The van der Waals surface area contributed by atoms with Gasteiger partial charge in [-0.25, -0.2) is 8.42 Å². The minimum absolute atomic E-state index is 0.0893. The second-order valence-electron chi connectivity index (χ2n) is 5.48. The standard InChI is InChI=1S/C12H26O8S5/c13-23(14,11-7-3-1-5-9-19-24(15,16)21)12-8-4-2-6-10-20-25(17,18)22/h1-12H2,(H,15,16,21)(H,17,18,22). The van der Waals surface area contributed by atoms with Gasteiger partial charge in [-0.2, -0.15) is 8.42 Å². The fourth-order valence-corrected chi connectivity index (χ4v) is 4.54. The molecule has 8 nitrogen and oxygen atoms in total. The van der Waals surface area contributed by atoms with Gasteiger partial charge in [-0.15, -0.1) is 0 Å². The van der Waals surface area contributed by atoms with E-state index < -0.39 is 27.9 Å². The van der Waals surface area contributed by atoms with E-state index in [0.29, 0.717) is 51.4 Å². The zero-order valence-corrected chi connectivity index (χ0v) is 18.0. The van der Waals surface area contributed by atoms with Crippen LogP contribution < -0.4 is 0 Å². The van der Waals surface area contributed by atoms with Crippen molar-refractivity contribution in [3.63, 3.8) is 0 Å². The maximum absolute atomic E-state index is 11.9. The second-order valence-corrected chi connectivity index (χ2v) is 12.5. The van der Waals surface area contributed by atoms with Crippen LogP contribution >= 0.6 is 0 Å². The molecule has 0 radical (unpaired) electrons. The Balaban J connectivity index is 3.59. The zero-order chi connectivity index (χ0) is 19.4. The molecule has 0 aromatic carbocycles. The van der Waals surface area contributed by atoms with Gasteiger partial charge in [-0.3, -0.25) is 17.5 Å². The third-order valence-corrected chi connectivity index (χ3v) is 6.49. The maximum atomic E-state index is 11.9. The maximum Gasteiger partial charge on any atom is 0.266 e. The molecule has 0 fully saturated rings. The van der Waals surface area contributed by atoms with Gasteiger partial charge in [0.05, 0.1) is 24.7 Å². The summed E-state index contributed by atoms with van der Waals surface area (Å²) in [6.07, 6.45) is 5.01. The summed E-state index contributed by atoms with van der Waals surface area (Å²) < 4.78 is 71.5. The van der Waals surface area contributed by atoms with Gasteiger partial charge < -0.3 is 0 Å². The van der Waals surface area contributed by atoms with Gasteiger partial charge in [0.2, 0.25) is 0 Å². The Morgan fingerprint density at radius 1 is 0.600 bits per heavy atom. The molecule has 13 heteroatoms. The molecule has 25 heavy (non-hydrogen) atoms. The van der Waals surface area contributed by atoms with Crippen molar-refractivity contribution in [2.45, 2.75) is 51.4 Å². The lowest BCUT2D eigenvalue weighted by atomic mass is 10.2. The molecular formula is C12H26O8S5. The average Bonchev–Trinajstić information content (AvgIpc) is 2.42. The Labute approximate surface area is 160 Å². The molecule has 0 aliphatic heterocycles. The van der Waals surface area contributed by atoms with Crippen molar-refractivity contribution in [3.8, 4) is 0 Å². The van der Waals surface area contributed by atoms with Crippen LogP contribution in [-0.4, -0.2) is 50.7 Å². The van der Waals surface area contributed by atoms with Gasteiger partial charge in [0.25, 0.3) is 18.1 Å². The third kappa shape index (κ3) is 20.7. The van der Waals surface area contributed by atoms with Gasteiger partial charge in [0.1, 0.15) is 9.84 Å². The van der Waals surface area contributed by atoms with E-state index in [4.69, 9.17) is 9.11 Å². The predicted octanol–water partition coefficient (Wildman–Crippen LogP) is 1.82. The lowest BCUT2D eigenvalue weighted by molar-refractivity contribution is 0.294. The normalized spacial score (nSPS) is 17.0. The highest BCUT2D eigenvalue weighted by molar-refractivity contribution is 8.27. The van der Waals surface area contributed by atoms with Crippen LogP contribution in [-0.2, 0) is 58.7 Å². The highest BCUT2D eigenvalue weighted by Crippen LogP contribution is 2.08. The van der Waals surface area contributed by atoms with Crippen LogP contribution in [0.5, 0.6) is 0 Å².